The van der Waals surface area contributed by atoms with Gasteiger partial charge in [-0.1, -0.05) is 59.1 Å². The second-order valence-corrected chi connectivity index (χ2v) is 9.73. The average molecular weight is 552 g/mol. The van der Waals surface area contributed by atoms with Crippen LogP contribution in [0.5, 0.6) is 0 Å². The molecular formula is C21H12Cl3F3N2O4S. The summed E-state index contributed by atoms with van der Waals surface area (Å²) in [6, 6.07) is 10.2. The first-order chi connectivity index (χ1) is 15.8. The summed E-state index contributed by atoms with van der Waals surface area (Å²) in [6.45, 7) is -0.760. The van der Waals surface area contributed by atoms with Crippen LogP contribution in [-0.2, 0) is 23.0 Å². The Labute approximate surface area is 206 Å². The summed E-state index contributed by atoms with van der Waals surface area (Å²) >= 11 is 18.7. The molecule has 4 rings (SSSR count). The van der Waals surface area contributed by atoms with Gasteiger partial charge in [0.2, 0.25) is 0 Å². The van der Waals surface area contributed by atoms with Crippen LogP contribution >= 0.6 is 34.8 Å². The van der Waals surface area contributed by atoms with Crippen molar-refractivity contribution < 1.29 is 30.9 Å². The Morgan fingerprint density at radius 1 is 0.882 bits per heavy atom. The van der Waals surface area contributed by atoms with Crippen LogP contribution in [-0.4, -0.2) is 23.3 Å². The van der Waals surface area contributed by atoms with Gasteiger partial charge in [-0.05, 0) is 35.9 Å². The van der Waals surface area contributed by atoms with E-state index in [1.54, 1.807) is 6.07 Å². The third-order valence-corrected chi connectivity index (χ3v) is 6.89. The van der Waals surface area contributed by atoms with Gasteiger partial charge in [0.1, 0.15) is 0 Å². The first-order valence-electron chi connectivity index (χ1n) is 9.33. The normalized spacial score (nSPS) is 14.4. The molecule has 3 aromatic carbocycles. The molecule has 0 unspecified atom stereocenters. The van der Waals surface area contributed by atoms with Crippen LogP contribution in [0, 0.1) is 0 Å². The first-order valence-corrected chi connectivity index (χ1v) is 11.9. The summed E-state index contributed by atoms with van der Waals surface area (Å²) in [5, 5.41) is -0.192. The minimum atomic E-state index is -5.13. The monoisotopic (exact) mass is 550 g/mol. The van der Waals surface area contributed by atoms with Gasteiger partial charge in [0.15, 0.2) is 0 Å². The van der Waals surface area contributed by atoms with Crippen LogP contribution in [0.2, 0.25) is 15.1 Å². The maximum atomic E-state index is 13.9. The largest absolute Gasteiger partial charge is 0.416 e. The van der Waals surface area contributed by atoms with Gasteiger partial charge in [-0.25, -0.2) is 4.79 Å². The van der Waals surface area contributed by atoms with Crippen molar-refractivity contribution in [1.82, 2.24) is 4.31 Å². The molecule has 1 heterocycles. The Bertz CT molecular complexity index is 1410. The molecule has 0 aromatic heterocycles. The molecule has 0 radical (unpaired) electrons. The molecule has 1 aliphatic rings. The van der Waals surface area contributed by atoms with Crippen molar-refractivity contribution >= 4 is 62.5 Å². The Balaban J connectivity index is 2.15. The van der Waals surface area contributed by atoms with Gasteiger partial charge in [0.25, 0.3) is 0 Å². The zero-order chi connectivity index (χ0) is 25.0. The number of carbonyl (C=O) groups is 1. The van der Waals surface area contributed by atoms with Gasteiger partial charge in [-0.3, -0.25) is 9.45 Å². The van der Waals surface area contributed by atoms with Crippen LogP contribution in [0.15, 0.2) is 54.6 Å². The number of halogens is 6. The molecule has 178 valence electrons. The standard InChI is InChI=1S/C21H12Cl3F3N2O4S/c22-15-5-2-1-4-12(15)13-8-11(21(25,26)27)9-18-14(13)10-28(34(31,32)33)20(30)29(18)19-16(23)6-3-7-17(19)24/h1-9H,10H2,(H,31,32,33). The number of fused-ring (bicyclic) bond motifs is 1. The number of benzene rings is 3. The molecule has 2 amide bonds. The van der Waals surface area contributed by atoms with Crippen LogP contribution in [0.1, 0.15) is 11.1 Å². The van der Waals surface area contributed by atoms with E-state index in [2.05, 4.69) is 0 Å². The van der Waals surface area contributed by atoms with Crippen molar-refractivity contribution in [3.63, 3.8) is 0 Å². The molecule has 0 bridgehead atoms. The molecule has 34 heavy (non-hydrogen) atoms. The summed E-state index contributed by atoms with van der Waals surface area (Å²) in [6.07, 6.45) is -4.83. The number of para-hydroxylation sites is 1. The van der Waals surface area contributed by atoms with E-state index in [4.69, 9.17) is 34.8 Å². The first kappa shape index (κ1) is 24.6. The lowest BCUT2D eigenvalue weighted by molar-refractivity contribution is -0.137. The van der Waals surface area contributed by atoms with Gasteiger partial charge in [-0.15, -0.1) is 0 Å². The minimum absolute atomic E-state index is 0.0330. The predicted molar refractivity (Wildman–Crippen MR) is 123 cm³/mol. The summed E-state index contributed by atoms with van der Waals surface area (Å²) in [7, 11) is -5.13. The molecule has 0 spiro atoms. The molecule has 1 aliphatic heterocycles. The van der Waals surface area contributed by atoms with Gasteiger partial charge in [0.05, 0.1) is 33.5 Å². The second-order valence-electron chi connectivity index (χ2n) is 7.17. The SMILES string of the molecule is O=C1N(c2c(Cl)cccc2Cl)c2cc(C(F)(F)F)cc(-c3ccccc3Cl)c2CN1S(=O)(=O)O. The van der Waals surface area contributed by atoms with Crippen molar-refractivity contribution in [3.8, 4) is 11.1 Å². The van der Waals surface area contributed by atoms with Crippen LogP contribution < -0.4 is 4.90 Å². The van der Waals surface area contributed by atoms with E-state index in [0.29, 0.717) is 11.0 Å². The summed E-state index contributed by atoms with van der Waals surface area (Å²) in [5.74, 6) is 0. The van der Waals surface area contributed by atoms with Crippen molar-refractivity contribution in [2.45, 2.75) is 12.7 Å². The number of carbonyl (C=O) groups excluding carboxylic acids is 1. The third kappa shape index (κ3) is 4.32. The molecular weight excluding hydrogens is 540 g/mol. The number of nitrogens with zero attached hydrogens (tertiary/aromatic N) is 2. The lowest BCUT2D eigenvalue weighted by Crippen LogP contribution is -2.47. The highest BCUT2D eigenvalue weighted by atomic mass is 35.5. The van der Waals surface area contributed by atoms with Crippen LogP contribution in [0.25, 0.3) is 11.1 Å². The Morgan fingerprint density at radius 2 is 1.47 bits per heavy atom. The molecule has 3 aromatic rings. The lowest BCUT2D eigenvalue weighted by Gasteiger charge is -2.37. The van der Waals surface area contributed by atoms with Crippen molar-refractivity contribution in [3.05, 3.63) is 80.8 Å². The summed E-state index contributed by atoms with van der Waals surface area (Å²) < 4.78 is 75.5. The topological polar surface area (TPSA) is 77.9 Å². The van der Waals surface area contributed by atoms with E-state index in [0.717, 1.165) is 6.07 Å². The minimum Gasteiger partial charge on any atom is -0.269 e. The molecule has 13 heteroatoms. The van der Waals surface area contributed by atoms with E-state index in [9.17, 15) is 30.9 Å². The van der Waals surface area contributed by atoms with Crippen molar-refractivity contribution in [2.75, 3.05) is 4.90 Å². The quantitative estimate of drug-likeness (QED) is 0.349. The molecule has 0 fully saturated rings. The van der Waals surface area contributed by atoms with Gasteiger partial charge >= 0.3 is 22.5 Å². The number of alkyl halides is 3. The van der Waals surface area contributed by atoms with E-state index in [-0.39, 0.29) is 47.4 Å². The molecule has 0 saturated heterocycles. The van der Waals surface area contributed by atoms with Crippen LogP contribution in [0.4, 0.5) is 29.3 Å². The molecule has 0 atom stereocenters. The number of hydrogen-bond acceptors (Lipinski definition) is 3. The van der Waals surface area contributed by atoms with E-state index in [1.165, 1.54) is 36.4 Å². The number of amides is 2. The maximum absolute atomic E-state index is 13.9. The summed E-state index contributed by atoms with van der Waals surface area (Å²) in [4.78, 5) is 13.8. The van der Waals surface area contributed by atoms with Gasteiger partial charge in [-0.2, -0.15) is 25.9 Å². The number of anilines is 2. The molecule has 1 N–H and O–H groups in total. The lowest BCUT2D eigenvalue weighted by atomic mass is 9.93. The second kappa shape index (κ2) is 8.62. The van der Waals surface area contributed by atoms with Crippen molar-refractivity contribution in [1.29, 1.82) is 0 Å². The summed E-state index contributed by atoms with van der Waals surface area (Å²) in [5.41, 5.74) is -1.66. The third-order valence-electron chi connectivity index (χ3n) is 5.10. The number of rotatable bonds is 3. The number of hydrogen-bond donors (Lipinski definition) is 1. The predicted octanol–water partition coefficient (Wildman–Crippen LogP) is 7.21. The fourth-order valence-electron chi connectivity index (χ4n) is 3.63. The smallest absolute Gasteiger partial charge is 0.269 e. The fourth-order valence-corrected chi connectivity index (χ4v) is 5.01. The van der Waals surface area contributed by atoms with E-state index >= 15 is 0 Å². The van der Waals surface area contributed by atoms with Gasteiger partial charge in [0, 0.05) is 16.1 Å². The fraction of sp³-hybridized carbons (Fsp3) is 0.0952. The van der Waals surface area contributed by atoms with Gasteiger partial charge < -0.3 is 0 Å². The Morgan fingerprint density at radius 3 is 2.03 bits per heavy atom. The Hall–Kier alpha value is -2.50. The van der Waals surface area contributed by atoms with Crippen molar-refractivity contribution in [2.24, 2.45) is 0 Å². The number of urea groups is 1. The Kier molecular flexibility index (Phi) is 6.24. The molecule has 0 aliphatic carbocycles. The zero-order valence-corrected chi connectivity index (χ0v) is 19.7. The molecule has 0 saturated carbocycles. The van der Waals surface area contributed by atoms with E-state index in [1.807, 2.05) is 0 Å². The van der Waals surface area contributed by atoms with E-state index < -0.39 is 34.6 Å². The van der Waals surface area contributed by atoms with Crippen LogP contribution in [0.3, 0.4) is 0 Å². The average Bonchev–Trinajstić information content (AvgIpc) is 2.73. The highest BCUT2D eigenvalue weighted by Crippen LogP contribution is 2.48. The zero-order valence-electron chi connectivity index (χ0n) is 16.6. The maximum Gasteiger partial charge on any atom is 0.416 e. The molecule has 6 nitrogen and oxygen atoms in total. The highest BCUT2D eigenvalue weighted by Gasteiger charge is 2.42. The highest BCUT2D eigenvalue weighted by molar-refractivity contribution is 7.84.